The Kier molecular flexibility index (Phi) is 5.97. The molecule has 4 rings (SSSR count). The highest BCUT2D eigenvalue weighted by Crippen LogP contribution is 2.56. The van der Waals surface area contributed by atoms with Crippen LogP contribution >= 0.6 is 23.4 Å². The molecule has 0 amide bonds. The summed E-state index contributed by atoms with van der Waals surface area (Å²) in [4.78, 5) is 11.7. The predicted molar refractivity (Wildman–Crippen MR) is 123 cm³/mol. The largest absolute Gasteiger partial charge is 0.382 e. The summed E-state index contributed by atoms with van der Waals surface area (Å²) in [5, 5.41) is 20.0. The van der Waals surface area contributed by atoms with Crippen molar-refractivity contribution >= 4 is 44.8 Å². The number of benzene rings is 2. The van der Waals surface area contributed by atoms with Crippen molar-refractivity contribution in [3.05, 3.63) is 58.1 Å². The third-order valence-electron chi connectivity index (χ3n) is 6.22. The summed E-state index contributed by atoms with van der Waals surface area (Å²) in [5.41, 5.74) is 1.79. The number of primary sulfonamides is 1. The van der Waals surface area contributed by atoms with Crippen molar-refractivity contribution in [2.45, 2.75) is 52.6 Å². The third-order valence-corrected chi connectivity index (χ3v) is 9.24. The van der Waals surface area contributed by atoms with Gasteiger partial charge in [0.2, 0.25) is 10.0 Å². The zero-order chi connectivity index (χ0) is 22.5. The van der Waals surface area contributed by atoms with Gasteiger partial charge >= 0.3 is 0 Å². The van der Waals surface area contributed by atoms with Gasteiger partial charge in [-0.3, -0.25) is 10.1 Å². The molecule has 1 saturated carbocycles. The summed E-state index contributed by atoms with van der Waals surface area (Å²) in [7, 11) is -3.84. The lowest BCUT2D eigenvalue weighted by Gasteiger charge is -2.40. The first-order chi connectivity index (χ1) is 14.6. The highest BCUT2D eigenvalue weighted by Gasteiger charge is 2.50. The van der Waals surface area contributed by atoms with Crippen molar-refractivity contribution in [3.8, 4) is 0 Å². The molecule has 2 aromatic carbocycles. The second kappa shape index (κ2) is 8.27. The standard InChI is InChI=1S/C21H24ClN3O4S2/c1-11(2)21-14-10-18(30-17-6-4-3-5-16(17)25(26)27)20(22)19(14)13-9-12(31(23,28)29)7-8-15(13)24-21/h3-9,11,14,18-21,24H,10H2,1-2H3,(H2,23,28,29)/t14-,18-,19+,20-,21+/m1/s1. The van der Waals surface area contributed by atoms with Gasteiger partial charge in [-0.05, 0) is 48.1 Å². The molecule has 0 radical (unpaired) electrons. The first-order valence-corrected chi connectivity index (χ1v) is 12.9. The fraction of sp³-hybridized carbons (Fsp3) is 0.429. The molecular formula is C21H24ClN3O4S2. The van der Waals surface area contributed by atoms with Crippen LogP contribution in [0.15, 0.2) is 52.3 Å². The summed E-state index contributed by atoms with van der Waals surface area (Å²) in [6, 6.07) is 11.7. The second-order valence-electron chi connectivity index (χ2n) is 8.46. The lowest BCUT2D eigenvalue weighted by Crippen LogP contribution is -2.40. The van der Waals surface area contributed by atoms with Crippen molar-refractivity contribution in [1.82, 2.24) is 0 Å². The van der Waals surface area contributed by atoms with E-state index in [1.54, 1.807) is 30.3 Å². The van der Waals surface area contributed by atoms with Crippen LogP contribution < -0.4 is 10.5 Å². The van der Waals surface area contributed by atoms with Crippen LogP contribution in [0, 0.1) is 22.0 Å². The molecule has 1 aliphatic carbocycles. The maximum absolute atomic E-state index is 11.9. The van der Waals surface area contributed by atoms with Gasteiger partial charge < -0.3 is 5.32 Å². The average Bonchev–Trinajstić information content (AvgIpc) is 3.02. The minimum absolute atomic E-state index is 0.0510. The van der Waals surface area contributed by atoms with Gasteiger partial charge in [-0.25, -0.2) is 13.6 Å². The van der Waals surface area contributed by atoms with Gasteiger partial charge in [0.05, 0.1) is 20.1 Å². The number of nitro benzene ring substituents is 1. The van der Waals surface area contributed by atoms with E-state index in [9.17, 15) is 18.5 Å². The molecule has 0 saturated heterocycles. The van der Waals surface area contributed by atoms with Crippen LogP contribution in [0.3, 0.4) is 0 Å². The summed E-state index contributed by atoms with van der Waals surface area (Å²) in [6.07, 6.45) is 0.768. The Morgan fingerprint density at radius 1 is 1.26 bits per heavy atom. The minimum Gasteiger partial charge on any atom is -0.382 e. The molecule has 1 aliphatic heterocycles. The summed E-state index contributed by atoms with van der Waals surface area (Å²) in [6.45, 7) is 4.29. The fourth-order valence-electron chi connectivity index (χ4n) is 4.84. The van der Waals surface area contributed by atoms with E-state index in [-0.39, 0.29) is 44.0 Å². The molecule has 0 spiro atoms. The number of thioether (sulfide) groups is 1. The number of hydrogen-bond donors (Lipinski definition) is 2. The maximum atomic E-state index is 11.9. The number of hydrogen-bond acceptors (Lipinski definition) is 6. The average molecular weight is 482 g/mol. The molecule has 7 nitrogen and oxygen atoms in total. The molecule has 31 heavy (non-hydrogen) atoms. The van der Waals surface area contributed by atoms with E-state index < -0.39 is 10.0 Å². The Morgan fingerprint density at radius 2 is 1.97 bits per heavy atom. The number of rotatable bonds is 5. The van der Waals surface area contributed by atoms with Gasteiger partial charge in [-0.15, -0.1) is 23.4 Å². The fourth-order valence-corrected chi connectivity index (χ4v) is 7.33. The third kappa shape index (κ3) is 4.16. The Labute approximate surface area is 190 Å². The zero-order valence-corrected chi connectivity index (χ0v) is 19.5. The SMILES string of the molecule is CC(C)[C@@H]1Nc2ccc(S(N)(=O)=O)cc2[C@@H]2[C@H](Cl)[C@H](Sc3ccccc3[N+](=O)[O-])C[C@H]21. The Hall–Kier alpha value is -1.81. The number of fused-ring (bicyclic) bond motifs is 3. The summed E-state index contributed by atoms with van der Waals surface area (Å²) in [5.74, 6) is 0.426. The first-order valence-electron chi connectivity index (χ1n) is 10.1. The van der Waals surface area contributed by atoms with Gasteiger partial charge in [0.15, 0.2) is 0 Å². The molecule has 0 unspecified atom stereocenters. The smallest absolute Gasteiger partial charge is 0.282 e. The molecule has 1 fully saturated rings. The molecule has 0 bridgehead atoms. The summed E-state index contributed by atoms with van der Waals surface area (Å²) < 4.78 is 23.9. The quantitative estimate of drug-likeness (QED) is 0.367. The van der Waals surface area contributed by atoms with Crippen LogP contribution in [-0.4, -0.2) is 30.0 Å². The van der Waals surface area contributed by atoms with E-state index in [4.69, 9.17) is 16.7 Å². The number of nitrogens with zero attached hydrogens (tertiary/aromatic N) is 1. The molecule has 2 aliphatic rings. The van der Waals surface area contributed by atoms with Crippen LogP contribution in [0.5, 0.6) is 0 Å². The Bertz CT molecular complexity index is 1130. The molecule has 5 atom stereocenters. The number of nitrogens with two attached hydrogens (primary N) is 1. The minimum atomic E-state index is -3.84. The molecule has 0 aromatic heterocycles. The van der Waals surface area contributed by atoms with Crippen molar-refractivity contribution in [2.75, 3.05) is 5.32 Å². The number of para-hydroxylation sites is 1. The van der Waals surface area contributed by atoms with Crippen LogP contribution in [0.25, 0.3) is 0 Å². The van der Waals surface area contributed by atoms with Crippen LogP contribution in [-0.2, 0) is 10.0 Å². The number of alkyl halides is 1. The Morgan fingerprint density at radius 3 is 2.61 bits per heavy atom. The molecule has 166 valence electrons. The molecule has 3 N–H and O–H groups in total. The highest BCUT2D eigenvalue weighted by atomic mass is 35.5. The molecule has 10 heteroatoms. The number of sulfonamides is 1. The van der Waals surface area contributed by atoms with Crippen LogP contribution in [0.1, 0.15) is 31.7 Å². The molecular weight excluding hydrogens is 458 g/mol. The van der Waals surface area contributed by atoms with E-state index in [1.165, 1.54) is 23.9 Å². The van der Waals surface area contributed by atoms with Crippen molar-refractivity contribution in [3.63, 3.8) is 0 Å². The zero-order valence-electron chi connectivity index (χ0n) is 17.1. The lowest BCUT2D eigenvalue weighted by atomic mass is 9.76. The van der Waals surface area contributed by atoms with Gasteiger partial charge in [0.25, 0.3) is 5.69 Å². The summed E-state index contributed by atoms with van der Waals surface area (Å²) >= 11 is 8.43. The molecule has 2 aromatic rings. The van der Waals surface area contributed by atoms with Crippen LogP contribution in [0.2, 0.25) is 0 Å². The number of nitro groups is 1. The van der Waals surface area contributed by atoms with E-state index in [1.807, 2.05) is 0 Å². The predicted octanol–water partition coefficient (Wildman–Crippen LogP) is 4.56. The topological polar surface area (TPSA) is 115 Å². The van der Waals surface area contributed by atoms with Gasteiger partial charge in [0.1, 0.15) is 0 Å². The van der Waals surface area contributed by atoms with Crippen molar-refractivity contribution in [1.29, 1.82) is 0 Å². The maximum Gasteiger partial charge on any atom is 0.282 e. The normalized spacial score (nSPS) is 27.5. The van der Waals surface area contributed by atoms with Gasteiger partial charge in [-0.2, -0.15) is 0 Å². The van der Waals surface area contributed by atoms with E-state index >= 15 is 0 Å². The van der Waals surface area contributed by atoms with Crippen LogP contribution in [0.4, 0.5) is 11.4 Å². The first kappa shape index (κ1) is 22.4. The monoisotopic (exact) mass is 481 g/mol. The number of nitrogens with one attached hydrogen (secondary N) is 1. The van der Waals surface area contributed by atoms with E-state index in [0.29, 0.717) is 10.8 Å². The lowest BCUT2D eigenvalue weighted by molar-refractivity contribution is -0.387. The number of halogens is 1. The molecule has 1 heterocycles. The number of anilines is 1. The Balaban J connectivity index is 1.73. The van der Waals surface area contributed by atoms with Crippen molar-refractivity contribution in [2.24, 2.45) is 17.0 Å². The second-order valence-corrected chi connectivity index (χ2v) is 11.8. The highest BCUT2D eigenvalue weighted by molar-refractivity contribution is 8.00. The van der Waals surface area contributed by atoms with E-state index in [0.717, 1.165) is 17.7 Å². The van der Waals surface area contributed by atoms with E-state index in [2.05, 4.69) is 19.2 Å². The van der Waals surface area contributed by atoms with Crippen molar-refractivity contribution < 1.29 is 13.3 Å². The van der Waals surface area contributed by atoms with Gasteiger partial charge in [0, 0.05) is 29.0 Å². The van der Waals surface area contributed by atoms with Gasteiger partial charge in [-0.1, -0.05) is 26.0 Å².